The van der Waals surface area contributed by atoms with E-state index in [9.17, 15) is 0 Å². The summed E-state index contributed by atoms with van der Waals surface area (Å²) >= 11 is 0. The first-order valence-corrected chi connectivity index (χ1v) is 5.81. The molecule has 3 rings (SSSR count). The molecule has 0 aliphatic rings. The van der Waals surface area contributed by atoms with Gasteiger partial charge in [0.05, 0.1) is 5.52 Å². The van der Waals surface area contributed by atoms with Crippen LogP contribution in [0.3, 0.4) is 0 Å². The lowest BCUT2D eigenvalue weighted by Crippen LogP contribution is -1.95. The molecule has 0 fully saturated rings. The fourth-order valence-corrected chi connectivity index (χ4v) is 2.05. The summed E-state index contributed by atoms with van der Waals surface area (Å²) in [5, 5.41) is 1.09. The van der Waals surface area contributed by atoms with Crippen molar-refractivity contribution in [3.05, 3.63) is 54.4 Å². The van der Waals surface area contributed by atoms with Gasteiger partial charge in [0, 0.05) is 28.9 Å². The number of aryl methyl sites for hydroxylation is 1. The molecule has 0 spiro atoms. The van der Waals surface area contributed by atoms with Crippen molar-refractivity contribution in [3.63, 3.8) is 0 Å². The Balaban J connectivity index is 2.25. The van der Waals surface area contributed by atoms with Crippen LogP contribution >= 0.6 is 0 Å². The van der Waals surface area contributed by atoms with Crippen LogP contribution in [-0.2, 0) is 0 Å². The highest BCUT2D eigenvalue weighted by Gasteiger charge is 2.06. The predicted octanol–water partition coefficient (Wildman–Crippen LogP) is 3.19. The second kappa shape index (κ2) is 4.11. The van der Waals surface area contributed by atoms with E-state index in [1.807, 2.05) is 25.1 Å². The fourth-order valence-electron chi connectivity index (χ4n) is 2.05. The van der Waals surface area contributed by atoms with E-state index in [0.717, 1.165) is 22.0 Å². The quantitative estimate of drug-likeness (QED) is 0.704. The molecule has 88 valence electrons. The Bertz CT molecular complexity index is 706. The lowest BCUT2D eigenvalue weighted by Gasteiger charge is -2.07. The van der Waals surface area contributed by atoms with E-state index in [2.05, 4.69) is 28.2 Å². The highest BCUT2D eigenvalue weighted by atomic mass is 14.8. The lowest BCUT2D eigenvalue weighted by molar-refractivity contribution is 1.32. The van der Waals surface area contributed by atoms with E-state index >= 15 is 0 Å². The number of nitrogens with zero attached hydrogens (tertiary/aromatic N) is 2. The van der Waals surface area contributed by atoms with E-state index in [1.165, 1.54) is 5.56 Å². The van der Waals surface area contributed by atoms with Crippen LogP contribution in [0, 0.1) is 6.92 Å². The summed E-state index contributed by atoms with van der Waals surface area (Å²) in [4.78, 5) is 8.58. The molecule has 2 N–H and O–H groups in total. The number of nitrogen functional groups attached to an aromatic ring is 1. The molecule has 0 aliphatic carbocycles. The summed E-state index contributed by atoms with van der Waals surface area (Å²) in [5.74, 6) is 0.543. The van der Waals surface area contributed by atoms with Crippen molar-refractivity contribution >= 4 is 16.7 Å². The van der Waals surface area contributed by atoms with Gasteiger partial charge in [0.2, 0.25) is 0 Å². The van der Waals surface area contributed by atoms with E-state index in [4.69, 9.17) is 5.73 Å². The molecule has 0 radical (unpaired) electrons. The van der Waals surface area contributed by atoms with Gasteiger partial charge < -0.3 is 5.73 Å². The van der Waals surface area contributed by atoms with Crippen LogP contribution in [0.25, 0.3) is 22.0 Å². The molecule has 2 heterocycles. The molecule has 0 amide bonds. The van der Waals surface area contributed by atoms with Gasteiger partial charge in [-0.05, 0) is 30.7 Å². The van der Waals surface area contributed by atoms with Gasteiger partial charge in [0.15, 0.2) is 0 Å². The van der Waals surface area contributed by atoms with E-state index in [-0.39, 0.29) is 0 Å². The van der Waals surface area contributed by atoms with Crippen LogP contribution < -0.4 is 5.73 Å². The Labute approximate surface area is 105 Å². The Morgan fingerprint density at radius 2 is 2.00 bits per heavy atom. The van der Waals surface area contributed by atoms with Crippen molar-refractivity contribution in [2.45, 2.75) is 6.92 Å². The fraction of sp³-hybridized carbons (Fsp3) is 0.0667. The van der Waals surface area contributed by atoms with Gasteiger partial charge in [0.25, 0.3) is 0 Å². The zero-order chi connectivity index (χ0) is 12.5. The van der Waals surface area contributed by atoms with Crippen molar-refractivity contribution in [1.82, 2.24) is 9.97 Å². The van der Waals surface area contributed by atoms with Crippen molar-refractivity contribution in [2.24, 2.45) is 0 Å². The molecule has 0 atom stereocenters. The molecule has 0 saturated carbocycles. The number of rotatable bonds is 1. The minimum Gasteiger partial charge on any atom is -0.383 e. The Kier molecular flexibility index (Phi) is 2.45. The molecule has 0 bridgehead atoms. The maximum Gasteiger partial charge on any atom is 0.132 e. The summed E-state index contributed by atoms with van der Waals surface area (Å²) in [6.07, 6.45) is 3.55. The monoisotopic (exact) mass is 235 g/mol. The average molecular weight is 235 g/mol. The van der Waals surface area contributed by atoms with Crippen LogP contribution in [0.15, 0.2) is 48.8 Å². The lowest BCUT2D eigenvalue weighted by atomic mass is 10.0. The highest BCUT2D eigenvalue weighted by Crippen LogP contribution is 2.27. The molecule has 3 heteroatoms. The van der Waals surface area contributed by atoms with Crippen LogP contribution in [-0.4, -0.2) is 9.97 Å². The number of fused-ring (bicyclic) bond motifs is 1. The van der Waals surface area contributed by atoms with Crippen molar-refractivity contribution in [1.29, 1.82) is 0 Å². The molecule has 0 saturated heterocycles. The molecular weight excluding hydrogens is 222 g/mol. The number of nitrogens with two attached hydrogens (primary N) is 1. The summed E-state index contributed by atoms with van der Waals surface area (Å²) in [5.41, 5.74) is 10.1. The molecule has 2 aromatic heterocycles. The predicted molar refractivity (Wildman–Crippen MR) is 74.1 cm³/mol. The first-order chi connectivity index (χ1) is 8.74. The van der Waals surface area contributed by atoms with Crippen molar-refractivity contribution in [3.8, 4) is 11.1 Å². The minimum atomic E-state index is 0.543. The number of benzene rings is 1. The number of hydrogen-bond acceptors (Lipinski definition) is 3. The summed E-state index contributed by atoms with van der Waals surface area (Å²) in [7, 11) is 0. The standard InChI is InChI=1S/C15H13N3/c1-10-4-5-11-8-13(12-3-2-6-17-9-12)15(16)18-14(11)7-10/h2-9H,1H3,(H2,16,18). The van der Waals surface area contributed by atoms with Crippen LogP contribution in [0.5, 0.6) is 0 Å². The van der Waals surface area contributed by atoms with Crippen molar-refractivity contribution < 1.29 is 0 Å². The zero-order valence-corrected chi connectivity index (χ0v) is 10.1. The third-order valence-corrected chi connectivity index (χ3v) is 2.98. The van der Waals surface area contributed by atoms with E-state index in [1.54, 1.807) is 12.4 Å². The van der Waals surface area contributed by atoms with Gasteiger partial charge in [-0.25, -0.2) is 4.98 Å². The van der Waals surface area contributed by atoms with E-state index < -0.39 is 0 Å². The topological polar surface area (TPSA) is 51.8 Å². The number of anilines is 1. The number of hydrogen-bond donors (Lipinski definition) is 1. The third-order valence-electron chi connectivity index (χ3n) is 2.98. The maximum atomic E-state index is 6.03. The largest absolute Gasteiger partial charge is 0.383 e. The van der Waals surface area contributed by atoms with E-state index in [0.29, 0.717) is 5.82 Å². The normalized spacial score (nSPS) is 10.7. The smallest absolute Gasteiger partial charge is 0.132 e. The van der Waals surface area contributed by atoms with Gasteiger partial charge in [-0.2, -0.15) is 0 Å². The van der Waals surface area contributed by atoms with Crippen LogP contribution in [0.2, 0.25) is 0 Å². The SMILES string of the molecule is Cc1ccc2cc(-c3cccnc3)c(N)nc2c1. The van der Waals surface area contributed by atoms with Gasteiger partial charge >= 0.3 is 0 Å². The molecule has 0 aliphatic heterocycles. The van der Waals surface area contributed by atoms with Gasteiger partial charge in [-0.1, -0.05) is 18.2 Å². The van der Waals surface area contributed by atoms with Gasteiger partial charge in [0.1, 0.15) is 5.82 Å². The molecule has 3 nitrogen and oxygen atoms in total. The van der Waals surface area contributed by atoms with Crippen LogP contribution in [0.4, 0.5) is 5.82 Å². The Morgan fingerprint density at radius 3 is 2.78 bits per heavy atom. The van der Waals surface area contributed by atoms with Gasteiger partial charge in [-0.3, -0.25) is 4.98 Å². The minimum absolute atomic E-state index is 0.543. The molecule has 3 aromatic rings. The van der Waals surface area contributed by atoms with Crippen molar-refractivity contribution in [2.75, 3.05) is 5.73 Å². The number of aromatic nitrogens is 2. The average Bonchev–Trinajstić information content (AvgIpc) is 2.39. The maximum absolute atomic E-state index is 6.03. The first-order valence-electron chi connectivity index (χ1n) is 5.81. The summed E-state index contributed by atoms with van der Waals surface area (Å²) in [6, 6.07) is 12.1. The first kappa shape index (κ1) is 10.7. The highest BCUT2D eigenvalue weighted by molar-refractivity contribution is 5.88. The molecule has 0 unspecified atom stereocenters. The van der Waals surface area contributed by atoms with Crippen LogP contribution in [0.1, 0.15) is 5.56 Å². The second-order valence-electron chi connectivity index (χ2n) is 4.36. The zero-order valence-electron chi connectivity index (χ0n) is 10.1. The third kappa shape index (κ3) is 1.80. The Morgan fingerprint density at radius 1 is 1.11 bits per heavy atom. The number of pyridine rings is 2. The second-order valence-corrected chi connectivity index (χ2v) is 4.36. The molecule has 1 aromatic carbocycles. The summed E-state index contributed by atoms with van der Waals surface area (Å²) < 4.78 is 0. The molecular formula is C15H13N3. The summed E-state index contributed by atoms with van der Waals surface area (Å²) in [6.45, 7) is 2.05. The molecule has 18 heavy (non-hydrogen) atoms. The van der Waals surface area contributed by atoms with Gasteiger partial charge in [-0.15, -0.1) is 0 Å². The Hall–Kier alpha value is -2.42.